The molecule has 0 radical (unpaired) electrons. The summed E-state index contributed by atoms with van der Waals surface area (Å²) in [6.07, 6.45) is 0. The molecule has 1 aromatic carbocycles. The first-order chi connectivity index (χ1) is 6.51. The molecule has 0 amide bonds. The fraction of sp³-hybridized carbons (Fsp3) is 0.143. The largest absolute Gasteiger partial charge is 0.396 e. The molecule has 7 heteroatoms. The smallest absolute Gasteiger partial charge is 0.392 e. The average Bonchev–Trinajstić information content (AvgIpc) is 2.14. The topological polar surface area (TPSA) is 99.3 Å². The van der Waals surface area contributed by atoms with Crippen molar-refractivity contribution in [3.8, 4) is 0 Å². The van der Waals surface area contributed by atoms with Gasteiger partial charge in [0.05, 0.1) is 12.3 Å². The molecule has 1 rings (SSSR count). The monoisotopic (exact) mass is 216 g/mol. The van der Waals surface area contributed by atoms with Crippen molar-refractivity contribution in [1.82, 2.24) is 0 Å². The van der Waals surface area contributed by atoms with Crippen LogP contribution in [0.2, 0.25) is 0 Å². The molecule has 0 aromatic heterocycles. The summed E-state index contributed by atoms with van der Waals surface area (Å²) in [4.78, 5) is 0. The Bertz CT molecular complexity index is 441. The van der Waals surface area contributed by atoms with Gasteiger partial charge in [0, 0.05) is 0 Å². The first-order valence-corrected chi connectivity index (χ1v) is 5.01. The van der Waals surface area contributed by atoms with Crippen molar-refractivity contribution in [2.75, 3.05) is 0 Å². The highest BCUT2D eigenvalue weighted by Crippen LogP contribution is 2.14. The number of nitrogens with zero attached hydrogens (tertiary/aromatic N) is 2. The molecule has 0 bridgehead atoms. The van der Waals surface area contributed by atoms with Gasteiger partial charge in [0.1, 0.15) is 0 Å². The fourth-order valence-corrected chi connectivity index (χ4v) is 1.01. The summed E-state index contributed by atoms with van der Waals surface area (Å²) in [6, 6.07) is 6.18. The van der Waals surface area contributed by atoms with Crippen LogP contribution in [0.15, 0.2) is 33.9 Å². The van der Waals surface area contributed by atoms with E-state index in [1.54, 1.807) is 12.1 Å². The highest BCUT2D eigenvalue weighted by molar-refractivity contribution is 7.84. The van der Waals surface area contributed by atoms with E-state index in [2.05, 4.69) is 9.63 Å². The number of benzene rings is 1. The van der Waals surface area contributed by atoms with E-state index in [-0.39, 0.29) is 12.3 Å². The Labute approximate surface area is 80.8 Å². The van der Waals surface area contributed by atoms with Gasteiger partial charge >= 0.3 is 10.3 Å². The van der Waals surface area contributed by atoms with E-state index < -0.39 is 10.3 Å². The molecule has 0 atom stereocenters. The van der Waals surface area contributed by atoms with Crippen LogP contribution in [0.3, 0.4) is 0 Å². The zero-order valence-corrected chi connectivity index (χ0v) is 7.85. The minimum atomic E-state index is -4.45. The molecule has 1 aromatic rings. The third kappa shape index (κ3) is 3.60. The summed E-state index contributed by atoms with van der Waals surface area (Å²) in [7, 11) is -4.45. The van der Waals surface area contributed by atoms with Gasteiger partial charge in [0.25, 0.3) is 0 Å². The summed E-state index contributed by atoms with van der Waals surface area (Å²) in [6.45, 7) is -0.171. The minimum absolute atomic E-state index is 0.171. The second-order valence-corrected chi connectivity index (χ2v) is 3.52. The Kier molecular flexibility index (Phi) is 3.28. The zero-order valence-electron chi connectivity index (χ0n) is 7.03. The van der Waals surface area contributed by atoms with E-state index in [9.17, 15) is 8.42 Å². The molecule has 0 unspecified atom stereocenters. The Balaban J connectivity index is 2.93. The zero-order chi connectivity index (χ0) is 10.6. The van der Waals surface area contributed by atoms with Crippen LogP contribution < -0.4 is 0 Å². The molecule has 0 fully saturated rings. The lowest BCUT2D eigenvalue weighted by Crippen LogP contribution is -1.88. The average molecular weight is 216 g/mol. The van der Waals surface area contributed by atoms with Gasteiger partial charge in [-0.05, 0) is 22.2 Å². The van der Waals surface area contributed by atoms with Gasteiger partial charge in [-0.25, -0.2) is 0 Å². The van der Waals surface area contributed by atoms with Crippen LogP contribution in [0, 0.1) is 0 Å². The van der Waals surface area contributed by atoms with Crippen molar-refractivity contribution in [2.24, 2.45) is 9.63 Å². The lowest BCUT2D eigenvalue weighted by molar-refractivity contribution is 0.282. The first kappa shape index (κ1) is 10.8. The molecule has 0 heterocycles. The van der Waals surface area contributed by atoms with E-state index in [0.717, 1.165) is 0 Å². The molecule has 0 aliphatic rings. The fourth-order valence-electron chi connectivity index (χ4n) is 0.816. The molecule has 76 valence electrons. The van der Waals surface area contributed by atoms with E-state index >= 15 is 0 Å². The molecule has 14 heavy (non-hydrogen) atoms. The number of aliphatic hydroxyl groups is 1. The molecule has 0 aliphatic carbocycles. The summed E-state index contributed by atoms with van der Waals surface area (Å²) in [5.74, 6) is 0. The van der Waals surface area contributed by atoms with Gasteiger partial charge in [-0.15, -0.1) is 5.11 Å². The van der Waals surface area contributed by atoms with Crippen LogP contribution in [0.25, 0.3) is 0 Å². The van der Waals surface area contributed by atoms with Crippen molar-refractivity contribution in [1.29, 1.82) is 0 Å². The summed E-state index contributed by atoms with van der Waals surface area (Å²) in [5.41, 5.74) is 0.825. The van der Waals surface area contributed by atoms with Crippen molar-refractivity contribution < 1.29 is 18.1 Å². The van der Waals surface area contributed by atoms with Crippen LogP contribution in [-0.4, -0.2) is 18.1 Å². The van der Waals surface area contributed by atoms with Gasteiger partial charge < -0.3 is 5.11 Å². The minimum Gasteiger partial charge on any atom is -0.392 e. The van der Waals surface area contributed by atoms with Crippen LogP contribution in [0.4, 0.5) is 5.69 Å². The SMILES string of the molecule is O=S(=O)(O)N=Nc1cccc(CO)c1. The van der Waals surface area contributed by atoms with Gasteiger partial charge in [0.15, 0.2) is 0 Å². The summed E-state index contributed by atoms with van der Waals surface area (Å²) >= 11 is 0. The number of rotatable bonds is 3. The third-order valence-corrected chi connectivity index (χ3v) is 1.64. The number of aliphatic hydroxyl groups excluding tert-OH is 1. The van der Waals surface area contributed by atoms with Gasteiger partial charge in [-0.1, -0.05) is 12.1 Å². The molecule has 0 saturated carbocycles. The van der Waals surface area contributed by atoms with Crippen LogP contribution >= 0.6 is 0 Å². The molecular formula is C7H8N2O4S. The van der Waals surface area contributed by atoms with Crippen molar-refractivity contribution in [3.63, 3.8) is 0 Å². The standard InChI is InChI=1S/C7H8N2O4S/c10-5-6-2-1-3-7(4-6)8-9-14(11,12)13/h1-4,10H,5H2,(H,11,12,13). The highest BCUT2D eigenvalue weighted by atomic mass is 32.2. The maximum Gasteiger partial charge on any atom is 0.396 e. The predicted molar refractivity (Wildman–Crippen MR) is 48.4 cm³/mol. The summed E-state index contributed by atoms with van der Waals surface area (Å²) < 4.78 is 31.4. The second-order valence-electron chi connectivity index (χ2n) is 2.46. The van der Waals surface area contributed by atoms with E-state index in [1.807, 2.05) is 0 Å². The Morgan fingerprint density at radius 3 is 2.64 bits per heavy atom. The molecule has 0 aliphatic heterocycles. The van der Waals surface area contributed by atoms with Gasteiger partial charge in [-0.3, -0.25) is 4.55 Å². The Morgan fingerprint density at radius 1 is 1.36 bits per heavy atom. The van der Waals surface area contributed by atoms with E-state index in [0.29, 0.717) is 5.56 Å². The van der Waals surface area contributed by atoms with Gasteiger partial charge in [0.2, 0.25) is 0 Å². The van der Waals surface area contributed by atoms with E-state index in [1.165, 1.54) is 12.1 Å². The van der Waals surface area contributed by atoms with Crippen LogP contribution in [-0.2, 0) is 16.9 Å². The van der Waals surface area contributed by atoms with Gasteiger partial charge in [-0.2, -0.15) is 8.42 Å². The maximum atomic E-state index is 10.2. The quantitative estimate of drug-likeness (QED) is 0.583. The lowest BCUT2D eigenvalue weighted by atomic mass is 10.2. The first-order valence-electron chi connectivity index (χ1n) is 3.61. The molecule has 0 spiro atoms. The van der Waals surface area contributed by atoms with Crippen LogP contribution in [0.5, 0.6) is 0 Å². The Morgan fingerprint density at radius 2 is 2.07 bits per heavy atom. The second kappa shape index (κ2) is 4.27. The molecular weight excluding hydrogens is 208 g/mol. The normalized spacial score (nSPS) is 12.1. The van der Waals surface area contributed by atoms with Crippen molar-refractivity contribution in [2.45, 2.75) is 6.61 Å². The molecule has 6 nitrogen and oxygen atoms in total. The maximum absolute atomic E-state index is 10.2. The van der Waals surface area contributed by atoms with Crippen molar-refractivity contribution >= 4 is 16.0 Å². The van der Waals surface area contributed by atoms with Crippen molar-refractivity contribution in [3.05, 3.63) is 29.8 Å². The predicted octanol–water partition coefficient (Wildman–Crippen LogP) is 1.07. The molecule has 2 N–H and O–H groups in total. The third-order valence-electron chi connectivity index (χ3n) is 1.35. The highest BCUT2D eigenvalue weighted by Gasteiger charge is 1.99. The Hall–Kier alpha value is -1.31. The van der Waals surface area contributed by atoms with Crippen LogP contribution in [0.1, 0.15) is 5.56 Å². The summed E-state index contributed by atoms with van der Waals surface area (Å²) in [5, 5.41) is 12.0. The molecule has 0 saturated heterocycles. The van der Waals surface area contributed by atoms with E-state index in [4.69, 9.17) is 9.66 Å². The number of hydrogen-bond donors (Lipinski definition) is 2. The number of hydrogen-bond acceptors (Lipinski definition) is 4. The lowest BCUT2D eigenvalue weighted by Gasteiger charge is -1.95.